The van der Waals surface area contributed by atoms with Crippen LogP contribution in [0.3, 0.4) is 0 Å². The van der Waals surface area contributed by atoms with Crippen LogP contribution in [0, 0.1) is 5.92 Å². The van der Waals surface area contributed by atoms with Crippen molar-refractivity contribution in [2.75, 3.05) is 33.4 Å². The van der Waals surface area contributed by atoms with Crippen LogP contribution in [0.4, 0.5) is 0 Å². The van der Waals surface area contributed by atoms with E-state index in [2.05, 4.69) is 5.32 Å². The Morgan fingerprint density at radius 3 is 2.43 bits per heavy atom. The number of nitrogens with one attached hydrogen (secondary N) is 1. The van der Waals surface area contributed by atoms with Gasteiger partial charge in [0.2, 0.25) is 0 Å². The van der Waals surface area contributed by atoms with E-state index in [-0.39, 0.29) is 28.4 Å². The first-order valence-electron chi connectivity index (χ1n) is 8.56. The first kappa shape index (κ1) is 22.0. The number of halogens is 2. The number of carbonyl (C=O) groups is 4. The molecule has 0 unspecified atom stereocenters. The molecule has 1 aromatic carbocycles. The minimum absolute atomic E-state index is 0.215. The third-order valence-corrected chi connectivity index (χ3v) is 5.05. The molecule has 0 bridgehead atoms. The van der Waals surface area contributed by atoms with E-state index in [9.17, 15) is 19.2 Å². The predicted octanol–water partition coefficient (Wildman–Crippen LogP) is 1.68. The lowest BCUT2D eigenvalue weighted by atomic mass is 9.97. The fourth-order valence-corrected chi connectivity index (χ4v) is 3.01. The van der Waals surface area contributed by atoms with Gasteiger partial charge >= 0.3 is 11.9 Å². The average molecular weight is 431 g/mol. The Hall–Kier alpha value is -2.32. The van der Waals surface area contributed by atoms with E-state index in [1.807, 2.05) is 0 Å². The molecule has 0 radical (unpaired) electrons. The number of ether oxygens (including phenoxy) is 2. The Morgan fingerprint density at radius 1 is 1.14 bits per heavy atom. The maximum absolute atomic E-state index is 12.1. The first-order chi connectivity index (χ1) is 13.3. The number of benzene rings is 1. The van der Waals surface area contributed by atoms with Crippen molar-refractivity contribution in [2.24, 2.45) is 5.92 Å². The van der Waals surface area contributed by atoms with Crippen molar-refractivity contribution in [2.45, 2.75) is 12.8 Å². The van der Waals surface area contributed by atoms with E-state index in [1.165, 1.54) is 30.2 Å². The first-order valence-corrected chi connectivity index (χ1v) is 9.32. The van der Waals surface area contributed by atoms with Crippen LogP contribution in [0.25, 0.3) is 0 Å². The van der Waals surface area contributed by atoms with Crippen molar-refractivity contribution in [3.63, 3.8) is 0 Å². The molecular weight excluding hydrogens is 411 g/mol. The largest absolute Gasteiger partial charge is 0.469 e. The second kappa shape index (κ2) is 10.3. The molecule has 0 spiro atoms. The highest BCUT2D eigenvalue weighted by molar-refractivity contribution is 6.42. The summed E-state index contributed by atoms with van der Waals surface area (Å²) in [6.07, 6.45) is 1.01. The monoisotopic (exact) mass is 430 g/mol. The van der Waals surface area contributed by atoms with Gasteiger partial charge in [0.15, 0.2) is 6.61 Å². The molecule has 1 aromatic rings. The Bertz CT molecular complexity index is 762. The van der Waals surface area contributed by atoms with E-state index in [4.69, 9.17) is 32.7 Å². The van der Waals surface area contributed by atoms with Crippen LogP contribution in [0.2, 0.25) is 10.0 Å². The van der Waals surface area contributed by atoms with Crippen LogP contribution in [0.5, 0.6) is 0 Å². The third kappa shape index (κ3) is 6.10. The summed E-state index contributed by atoms with van der Waals surface area (Å²) in [5.74, 6) is -2.12. The van der Waals surface area contributed by atoms with Crippen molar-refractivity contribution in [1.82, 2.24) is 10.2 Å². The molecular formula is C18H20Cl2N2O6. The van der Waals surface area contributed by atoms with E-state index in [0.717, 1.165) is 0 Å². The molecule has 2 rings (SSSR count). The normalized spacial score (nSPS) is 14.3. The zero-order valence-corrected chi connectivity index (χ0v) is 16.7. The number of carbonyl (C=O) groups excluding carboxylic acids is 4. The van der Waals surface area contributed by atoms with Crippen molar-refractivity contribution in [3.8, 4) is 0 Å². The van der Waals surface area contributed by atoms with E-state index in [1.54, 1.807) is 0 Å². The van der Waals surface area contributed by atoms with Crippen LogP contribution >= 0.6 is 23.2 Å². The highest BCUT2D eigenvalue weighted by Crippen LogP contribution is 2.22. The molecule has 2 amide bonds. The van der Waals surface area contributed by atoms with Gasteiger partial charge in [-0.15, -0.1) is 0 Å². The molecule has 0 saturated carbocycles. The summed E-state index contributed by atoms with van der Waals surface area (Å²) in [6.45, 7) is -0.0322. The Balaban J connectivity index is 1.70. The molecule has 1 aliphatic heterocycles. The van der Waals surface area contributed by atoms with Crippen molar-refractivity contribution < 1.29 is 28.7 Å². The third-order valence-electron chi connectivity index (χ3n) is 4.31. The minimum atomic E-state index is -0.744. The summed E-state index contributed by atoms with van der Waals surface area (Å²) in [4.78, 5) is 48.8. The van der Waals surface area contributed by atoms with Crippen molar-refractivity contribution >= 4 is 47.0 Å². The number of esters is 2. The smallest absolute Gasteiger partial charge is 0.325 e. The number of methoxy groups -OCH3 is 1. The summed E-state index contributed by atoms with van der Waals surface area (Å²) >= 11 is 11.6. The summed E-state index contributed by atoms with van der Waals surface area (Å²) in [5.41, 5.74) is 0.242. The Morgan fingerprint density at radius 2 is 1.82 bits per heavy atom. The zero-order chi connectivity index (χ0) is 20.7. The van der Waals surface area contributed by atoms with Crippen LogP contribution in [-0.4, -0.2) is 62.0 Å². The summed E-state index contributed by atoms with van der Waals surface area (Å²) in [5, 5.41) is 2.91. The highest BCUT2D eigenvalue weighted by Gasteiger charge is 2.28. The van der Waals surface area contributed by atoms with Crippen LogP contribution < -0.4 is 5.32 Å². The molecule has 1 heterocycles. The van der Waals surface area contributed by atoms with Crippen molar-refractivity contribution in [3.05, 3.63) is 33.8 Å². The maximum atomic E-state index is 12.1. The summed E-state index contributed by atoms with van der Waals surface area (Å²) < 4.78 is 9.59. The molecule has 0 aliphatic carbocycles. The van der Waals surface area contributed by atoms with Crippen LogP contribution in [0.15, 0.2) is 18.2 Å². The molecule has 28 heavy (non-hydrogen) atoms. The number of nitrogens with zero attached hydrogens (tertiary/aromatic N) is 1. The van der Waals surface area contributed by atoms with Gasteiger partial charge in [0.25, 0.3) is 11.8 Å². The number of hydrogen-bond acceptors (Lipinski definition) is 6. The van der Waals surface area contributed by atoms with E-state index >= 15 is 0 Å². The molecule has 0 aromatic heterocycles. The molecule has 1 saturated heterocycles. The van der Waals surface area contributed by atoms with Gasteiger partial charge in [0, 0.05) is 18.7 Å². The van der Waals surface area contributed by atoms with Gasteiger partial charge < -0.3 is 19.7 Å². The van der Waals surface area contributed by atoms with Gasteiger partial charge in [-0.05, 0) is 31.0 Å². The molecule has 1 N–H and O–H groups in total. The Kier molecular flexibility index (Phi) is 8.07. The Labute approximate surface area is 172 Å². The lowest BCUT2D eigenvalue weighted by Gasteiger charge is -2.30. The number of likely N-dealkylation sites (tertiary alicyclic amines) is 1. The summed E-state index contributed by atoms with van der Waals surface area (Å²) in [6, 6.07) is 4.32. The molecule has 8 nitrogen and oxygen atoms in total. The van der Waals surface area contributed by atoms with Gasteiger partial charge in [0.1, 0.15) is 6.54 Å². The topological polar surface area (TPSA) is 102 Å². The average Bonchev–Trinajstić information content (AvgIpc) is 2.71. The standard InChI is InChI=1S/C18H20Cl2N2O6/c1-27-18(26)11-4-6-22(7-5-11)15(23)10-28-16(24)9-21-17(25)12-2-3-13(19)14(20)8-12/h2-3,8,11H,4-7,9-10H2,1H3,(H,21,25). The SMILES string of the molecule is COC(=O)C1CCN(C(=O)COC(=O)CNC(=O)c2ccc(Cl)c(Cl)c2)CC1. The van der Waals surface area contributed by atoms with Gasteiger partial charge in [-0.25, -0.2) is 0 Å². The van der Waals surface area contributed by atoms with Crippen LogP contribution in [0.1, 0.15) is 23.2 Å². The lowest BCUT2D eigenvalue weighted by Crippen LogP contribution is -2.42. The quantitative estimate of drug-likeness (QED) is 0.688. The van der Waals surface area contributed by atoms with Crippen LogP contribution in [-0.2, 0) is 23.9 Å². The molecule has 1 aliphatic rings. The van der Waals surface area contributed by atoms with Gasteiger partial charge in [0.05, 0.1) is 23.1 Å². The highest BCUT2D eigenvalue weighted by atomic mass is 35.5. The van der Waals surface area contributed by atoms with E-state index in [0.29, 0.717) is 31.0 Å². The second-order valence-corrected chi connectivity index (χ2v) is 6.96. The van der Waals surface area contributed by atoms with E-state index < -0.39 is 25.0 Å². The molecule has 0 atom stereocenters. The summed E-state index contributed by atoms with van der Waals surface area (Å²) in [7, 11) is 1.33. The minimum Gasteiger partial charge on any atom is -0.469 e. The molecule has 1 fully saturated rings. The number of piperidine rings is 1. The number of rotatable bonds is 6. The van der Waals surface area contributed by atoms with Gasteiger partial charge in [-0.3, -0.25) is 19.2 Å². The van der Waals surface area contributed by atoms with Gasteiger partial charge in [-0.2, -0.15) is 0 Å². The molecule has 152 valence electrons. The number of hydrogen-bond donors (Lipinski definition) is 1. The second-order valence-electron chi connectivity index (χ2n) is 6.15. The zero-order valence-electron chi connectivity index (χ0n) is 15.2. The fraction of sp³-hybridized carbons (Fsp3) is 0.444. The maximum Gasteiger partial charge on any atom is 0.325 e. The van der Waals surface area contributed by atoms with Crippen molar-refractivity contribution in [1.29, 1.82) is 0 Å². The lowest BCUT2D eigenvalue weighted by molar-refractivity contribution is -0.153. The number of amides is 2. The predicted molar refractivity (Wildman–Crippen MR) is 101 cm³/mol. The fourth-order valence-electron chi connectivity index (χ4n) is 2.71. The molecule has 10 heteroatoms. The van der Waals surface area contributed by atoms with Gasteiger partial charge in [-0.1, -0.05) is 23.2 Å².